The van der Waals surface area contributed by atoms with Gasteiger partial charge in [0.1, 0.15) is 6.10 Å². The van der Waals surface area contributed by atoms with Crippen LogP contribution in [0.2, 0.25) is 0 Å². The second kappa shape index (κ2) is 7.04. The molecule has 1 aliphatic heterocycles. The minimum Gasteiger partial charge on any atom is -0.364 e. The summed E-state index contributed by atoms with van der Waals surface area (Å²) in [4.78, 5) is 17.2. The number of nitrogens with two attached hydrogens (primary N) is 1. The van der Waals surface area contributed by atoms with Crippen molar-refractivity contribution in [2.45, 2.75) is 38.4 Å². The first-order chi connectivity index (χ1) is 8.22. The number of hydrogen-bond acceptors (Lipinski definition) is 5. The topological polar surface area (TPSA) is 77.2 Å². The Hall–Kier alpha value is -0.690. The molecule has 1 amide bonds. The Balaban J connectivity index is 0.00000162. The number of nitrogens with one attached hydrogen (secondary N) is 1. The standard InChI is InChI=1S/C11H17N3O2S.ClH/c1-2-8-6-13-11(17-8)14-10(15)9-4-3-7(5-12)16-9;/h6-7,9H,2-5,12H2,1H3,(H,13,14,15);1H/t7-,9+;/m1./s1. The lowest BCUT2D eigenvalue weighted by Crippen LogP contribution is -2.29. The number of anilines is 1. The van der Waals surface area contributed by atoms with Crippen molar-refractivity contribution in [3.05, 3.63) is 11.1 Å². The number of thiazole rings is 1. The fraction of sp³-hybridized carbons (Fsp3) is 0.636. The zero-order valence-electron chi connectivity index (χ0n) is 10.2. The first-order valence-electron chi connectivity index (χ1n) is 5.84. The Morgan fingerprint density at radius 1 is 1.67 bits per heavy atom. The number of halogens is 1. The molecular weight excluding hydrogens is 274 g/mol. The molecule has 0 spiro atoms. The van der Waals surface area contributed by atoms with Gasteiger partial charge in [0, 0.05) is 17.6 Å². The van der Waals surface area contributed by atoms with Gasteiger partial charge in [-0.05, 0) is 19.3 Å². The number of aromatic nitrogens is 1. The van der Waals surface area contributed by atoms with E-state index in [1.807, 2.05) is 0 Å². The maximum atomic E-state index is 11.9. The molecule has 0 aliphatic carbocycles. The zero-order chi connectivity index (χ0) is 12.3. The fourth-order valence-corrected chi connectivity index (χ4v) is 2.54. The van der Waals surface area contributed by atoms with Crippen LogP contribution in [-0.2, 0) is 16.0 Å². The smallest absolute Gasteiger partial charge is 0.255 e. The fourth-order valence-electron chi connectivity index (χ4n) is 1.79. The van der Waals surface area contributed by atoms with E-state index in [9.17, 15) is 4.79 Å². The van der Waals surface area contributed by atoms with Crippen LogP contribution in [0.4, 0.5) is 5.13 Å². The predicted octanol–water partition coefficient (Wildman–Crippen LogP) is 1.57. The quantitative estimate of drug-likeness (QED) is 0.883. The van der Waals surface area contributed by atoms with Crippen LogP contribution in [0, 0.1) is 0 Å². The third-order valence-electron chi connectivity index (χ3n) is 2.80. The van der Waals surface area contributed by atoms with Gasteiger partial charge in [0.2, 0.25) is 0 Å². The summed E-state index contributed by atoms with van der Waals surface area (Å²) < 4.78 is 5.52. The van der Waals surface area contributed by atoms with Gasteiger partial charge in [0.25, 0.3) is 5.91 Å². The highest BCUT2D eigenvalue weighted by Crippen LogP contribution is 2.22. The molecule has 2 rings (SSSR count). The summed E-state index contributed by atoms with van der Waals surface area (Å²) in [5.74, 6) is -0.113. The molecule has 0 saturated carbocycles. The lowest BCUT2D eigenvalue weighted by atomic mass is 10.2. The predicted molar refractivity (Wildman–Crippen MR) is 74.3 cm³/mol. The molecule has 7 heteroatoms. The van der Waals surface area contributed by atoms with E-state index in [0.717, 1.165) is 24.1 Å². The van der Waals surface area contributed by atoms with E-state index in [2.05, 4.69) is 17.2 Å². The van der Waals surface area contributed by atoms with Crippen molar-refractivity contribution < 1.29 is 9.53 Å². The molecule has 0 bridgehead atoms. The van der Waals surface area contributed by atoms with E-state index >= 15 is 0 Å². The molecule has 0 unspecified atom stereocenters. The lowest BCUT2D eigenvalue weighted by Gasteiger charge is -2.11. The summed E-state index contributed by atoms with van der Waals surface area (Å²) in [6.07, 6.45) is 3.96. The molecule has 1 aromatic heterocycles. The third kappa shape index (κ3) is 3.65. The Labute approximate surface area is 117 Å². The van der Waals surface area contributed by atoms with Crippen LogP contribution in [0.25, 0.3) is 0 Å². The number of nitrogens with zero attached hydrogens (tertiary/aromatic N) is 1. The van der Waals surface area contributed by atoms with Gasteiger partial charge in [-0.3, -0.25) is 10.1 Å². The van der Waals surface area contributed by atoms with E-state index in [-0.39, 0.29) is 30.5 Å². The van der Waals surface area contributed by atoms with Gasteiger partial charge in [-0.2, -0.15) is 0 Å². The Kier molecular flexibility index (Phi) is 6.01. The molecule has 1 saturated heterocycles. The minimum absolute atomic E-state index is 0. The van der Waals surface area contributed by atoms with Gasteiger partial charge in [-0.15, -0.1) is 23.7 Å². The number of hydrogen-bond donors (Lipinski definition) is 2. The van der Waals surface area contributed by atoms with E-state index in [1.54, 1.807) is 6.20 Å². The van der Waals surface area contributed by atoms with Crippen molar-refractivity contribution in [1.29, 1.82) is 0 Å². The number of rotatable bonds is 4. The highest BCUT2D eigenvalue weighted by Gasteiger charge is 2.30. The van der Waals surface area contributed by atoms with Gasteiger partial charge in [0.15, 0.2) is 5.13 Å². The SMILES string of the molecule is CCc1cnc(NC(=O)[C@@H]2CC[C@H](CN)O2)s1.Cl. The van der Waals surface area contributed by atoms with Gasteiger partial charge in [-0.25, -0.2) is 4.98 Å². The number of ether oxygens (including phenoxy) is 1. The first kappa shape index (κ1) is 15.4. The van der Waals surface area contributed by atoms with E-state index < -0.39 is 0 Å². The minimum atomic E-state index is -0.377. The average molecular weight is 292 g/mol. The van der Waals surface area contributed by atoms with Crippen molar-refractivity contribution >= 4 is 34.8 Å². The van der Waals surface area contributed by atoms with Crippen LogP contribution in [0.15, 0.2) is 6.20 Å². The van der Waals surface area contributed by atoms with Crippen LogP contribution < -0.4 is 11.1 Å². The maximum absolute atomic E-state index is 11.9. The molecule has 0 radical (unpaired) electrons. The van der Waals surface area contributed by atoms with Gasteiger partial charge in [0.05, 0.1) is 6.10 Å². The molecular formula is C11H18ClN3O2S. The Morgan fingerprint density at radius 3 is 3.00 bits per heavy atom. The summed E-state index contributed by atoms with van der Waals surface area (Å²) in [5.41, 5.74) is 5.50. The van der Waals surface area contributed by atoms with Crippen LogP contribution in [0.3, 0.4) is 0 Å². The Morgan fingerprint density at radius 2 is 2.44 bits per heavy atom. The van der Waals surface area contributed by atoms with Crippen molar-refractivity contribution in [2.75, 3.05) is 11.9 Å². The second-order valence-electron chi connectivity index (χ2n) is 4.03. The lowest BCUT2D eigenvalue weighted by molar-refractivity contribution is -0.126. The van der Waals surface area contributed by atoms with Gasteiger partial charge < -0.3 is 10.5 Å². The summed E-state index contributed by atoms with van der Waals surface area (Å²) in [5, 5.41) is 3.43. The molecule has 2 heterocycles. The van der Waals surface area contributed by atoms with Crippen LogP contribution in [-0.4, -0.2) is 29.6 Å². The number of carbonyl (C=O) groups is 1. The zero-order valence-corrected chi connectivity index (χ0v) is 11.9. The number of aryl methyl sites for hydroxylation is 1. The van der Waals surface area contributed by atoms with Crippen LogP contribution >= 0.6 is 23.7 Å². The highest BCUT2D eigenvalue weighted by molar-refractivity contribution is 7.15. The molecule has 1 fully saturated rings. The van der Waals surface area contributed by atoms with Gasteiger partial charge in [-0.1, -0.05) is 6.92 Å². The summed E-state index contributed by atoms with van der Waals surface area (Å²) >= 11 is 1.50. The molecule has 102 valence electrons. The molecule has 3 N–H and O–H groups in total. The highest BCUT2D eigenvalue weighted by atomic mass is 35.5. The average Bonchev–Trinajstić information content (AvgIpc) is 2.96. The molecule has 18 heavy (non-hydrogen) atoms. The van der Waals surface area contributed by atoms with Crippen LogP contribution in [0.1, 0.15) is 24.6 Å². The van der Waals surface area contributed by atoms with E-state index in [1.165, 1.54) is 11.3 Å². The Bertz CT molecular complexity index is 399. The summed E-state index contributed by atoms with van der Waals surface area (Å²) in [7, 11) is 0. The molecule has 1 aliphatic rings. The van der Waals surface area contributed by atoms with E-state index in [4.69, 9.17) is 10.5 Å². The van der Waals surface area contributed by atoms with Crippen molar-refractivity contribution in [3.63, 3.8) is 0 Å². The monoisotopic (exact) mass is 291 g/mol. The van der Waals surface area contributed by atoms with Crippen molar-refractivity contribution in [1.82, 2.24) is 4.98 Å². The molecule has 1 aromatic rings. The normalized spacial score (nSPS) is 22.6. The summed E-state index contributed by atoms with van der Waals surface area (Å²) in [6.45, 7) is 2.53. The van der Waals surface area contributed by atoms with Gasteiger partial charge >= 0.3 is 0 Å². The maximum Gasteiger partial charge on any atom is 0.255 e. The molecule has 2 atom stereocenters. The number of carbonyl (C=O) groups excluding carboxylic acids is 1. The van der Waals surface area contributed by atoms with Crippen molar-refractivity contribution in [2.24, 2.45) is 5.73 Å². The molecule has 5 nitrogen and oxygen atoms in total. The first-order valence-corrected chi connectivity index (χ1v) is 6.65. The van der Waals surface area contributed by atoms with E-state index in [0.29, 0.717) is 11.7 Å². The number of amides is 1. The third-order valence-corrected chi connectivity index (χ3v) is 3.85. The van der Waals surface area contributed by atoms with Crippen LogP contribution in [0.5, 0.6) is 0 Å². The second-order valence-corrected chi connectivity index (χ2v) is 5.15. The largest absolute Gasteiger partial charge is 0.364 e. The summed E-state index contributed by atoms with van der Waals surface area (Å²) in [6, 6.07) is 0. The van der Waals surface area contributed by atoms with Crippen molar-refractivity contribution in [3.8, 4) is 0 Å². The molecule has 0 aromatic carbocycles.